The van der Waals surface area contributed by atoms with Gasteiger partial charge in [0.1, 0.15) is 11.9 Å². The molecule has 17 heavy (non-hydrogen) atoms. The summed E-state index contributed by atoms with van der Waals surface area (Å²) in [6, 6.07) is 8.01. The molecule has 1 aromatic carbocycles. The van der Waals surface area contributed by atoms with Gasteiger partial charge in [0.2, 0.25) is 5.69 Å². The lowest BCUT2D eigenvalue weighted by Crippen LogP contribution is -1.93. The summed E-state index contributed by atoms with van der Waals surface area (Å²) < 4.78 is 18.1. The number of hydrogen-bond acceptors (Lipinski definition) is 5. The van der Waals surface area contributed by atoms with Crippen LogP contribution in [0.3, 0.4) is 0 Å². The van der Waals surface area contributed by atoms with E-state index in [-0.39, 0.29) is 17.4 Å². The molecule has 0 saturated heterocycles. The van der Waals surface area contributed by atoms with E-state index in [4.69, 9.17) is 9.68 Å². The van der Waals surface area contributed by atoms with Gasteiger partial charge < -0.3 is 4.42 Å². The molecule has 0 aliphatic heterocycles. The van der Waals surface area contributed by atoms with Crippen molar-refractivity contribution in [1.29, 1.82) is 5.26 Å². The summed E-state index contributed by atoms with van der Waals surface area (Å²) in [5.74, 6) is -0.254. The Labute approximate surface area is 96.2 Å². The van der Waals surface area contributed by atoms with Crippen molar-refractivity contribution < 1.29 is 8.81 Å². The highest BCUT2D eigenvalue weighted by Gasteiger charge is 2.04. The van der Waals surface area contributed by atoms with E-state index < -0.39 is 0 Å². The number of nitrogens with zero attached hydrogens (tertiary/aromatic N) is 3. The van der Waals surface area contributed by atoms with Crippen LogP contribution in [0.15, 0.2) is 40.2 Å². The minimum Gasteiger partial charge on any atom is -0.425 e. The number of benzene rings is 1. The van der Waals surface area contributed by atoms with Crippen LogP contribution in [0, 0.1) is 17.1 Å². The Morgan fingerprint density at radius 3 is 3.06 bits per heavy atom. The second-order valence-corrected chi connectivity index (χ2v) is 3.03. The van der Waals surface area contributed by atoms with E-state index in [9.17, 15) is 4.39 Å². The lowest BCUT2D eigenvalue weighted by molar-refractivity contribution is 0.570. The first kappa shape index (κ1) is 10.8. The van der Waals surface area contributed by atoms with Crippen LogP contribution < -0.4 is 5.43 Å². The van der Waals surface area contributed by atoms with Crippen molar-refractivity contribution >= 4 is 12.1 Å². The molecular weight excluding hydrogens is 223 g/mol. The fourth-order valence-electron chi connectivity index (χ4n) is 1.15. The van der Waals surface area contributed by atoms with Gasteiger partial charge in [-0.15, -0.1) is 0 Å². The molecule has 2 aromatic rings. The molecule has 0 atom stereocenters. The van der Waals surface area contributed by atoms with Crippen LogP contribution in [0.5, 0.6) is 0 Å². The Hall–Kier alpha value is -2.68. The Balaban J connectivity index is 2.09. The molecule has 0 spiro atoms. The average molecular weight is 230 g/mol. The third kappa shape index (κ3) is 2.46. The molecule has 1 heterocycles. The molecule has 6 heteroatoms. The van der Waals surface area contributed by atoms with Crippen molar-refractivity contribution in [1.82, 2.24) is 4.98 Å². The van der Waals surface area contributed by atoms with Gasteiger partial charge >= 0.3 is 0 Å². The Morgan fingerprint density at radius 2 is 2.29 bits per heavy atom. The number of anilines is 1. The number of halogens is 1. The van der Waals surface area contributed by atoms with Gasteiger partial charge in [0, 0.05) is 5.56 Å². The number of rotatable bonds is 3. The van der Waals surface area contributed by atoms with Gasteiger partial charge in [-0.25, -0.2) is 14.8 Å². The van der Waals surface area contributed by atoms with Crippen LogP contribution in [0.1, 0.15) is 11.3 Å². The largest absolute Gasteiger partial charge is 0.425 e. The molecule has 1 N–H and O–H groups in total. The first-order chi connectivity index (χ1) is 8.31. The molecule has 0 fully saturated rings. The zero-order chi connectivity index (χ0) is 12.1. The van der Waals surface area contributed by atoms with Gasteiger partial charge in [-0.3, -0.25) is 0 Å². The number of nitrogens with one attached hydrogen (secondary N) is 1. The fourth-order valence-corrected chi connectivity index (χ4v) is 1.15. The molecule has 0 aliphatic rings. The molecule has 1 aromatic heterocycles. The van der Waals surface area contributed by atoms with E-state index in [1.54, 1.807) is 18.2 Å². The van der Waals surface area contributed by atoms with Gasteiger partial charge in [0.05, 0.1) is 6.21 Å². The van der Waals surface area contributed by atoms with Crippen molar-refractivity contribution in [2.45, 2.75) is 0 Å². The van der Waals surface area contributed by atoms with Crippen LogP contribution in [-0.4, -0.2) is 11.2 Å². The lowest BCUT2D eigenvalue weighted by atomic mass is 10.2. The zero-order valence-corrected chi connectivity index (χ0v) is 8.59. The van der Waals surface area contributed by atoms with Gasteiger partial charge in [-0.05, 0) is 6.07 Å². The summed E-state index contributed by atoms with van der Waals surface area (Å²) in [5.41, 5.74) is 2.90. The van der Waals surface area contributed by atoms with Crippen LogP contribution in [0.2, 0.25) is 0 Å². The van der Waals surface area contributed by atoms with Crippen molar-refractivity contribution in [2.75, 3.05) is 5.43 Å². The summed E-state index contributed by atoms with van der Waals surface area (Å²) in [5, 5.41) is 12.4. The minimum absolute atomic E-state index is 0.0932. The third-order valence-corrected chi connectivity index (χ3v) is 1.95. The van der Waals surface area contributed by atoms with E-state index in [2.05, 4.69) is 15.5 Å². The minimum atomic E-state index is -0.379. The van der Waals surface area contributed by atoms with Crippen molar-refractivity contribution in [3.05, 3.63) is 47.7 Å². The molecule has 0 unspecified atom stereocenters. The molecular formula is C11H7FN4O. The molecule has 5 nitrogen and oxygen atoms in total. The monoisotopic (exact) mass is 230 g/mol. The topological polar surface area (TPSA) is 74.2 Å². The Bertz CT molecular complexity index is 585. The zero-order valence-electron chi connectivity index (χ0n) is 8.59. The van der Waals surface area contributed by atoms with Crippen LogP contribution in [0.25, 0.3) is 0 Å². The van der Waals surface area contributed by atoms with E-state index in [1.807, 2.05) is 6.07 Å². The number of oxazole rings is 1. The van der Waals surface area contributed by atoms with Crippen LogP contribution in [0.4, 0.5) is 10.3 Å². The third-order valence-electron chi connectivity index (χ3n) is 1.95. The first-order valence-corrected chi connectivity index (χ1v) is 4.68. The van der Waals surface area contributed by atoms with E-state index in [1.165, 1.54) is 12.3 Å². The van der Waals surface area contributed by atoms with Gasteiger partial charge in [-0.2, -0.15) is 10.4 Å². The second kappa shape index (κ2) is 4.90. The normalized spacial score (nSPS) is 10.4. The second-order valence-electron chi connectivity index (χ2n) is 3.03. The first-order valence-electron chi connectivity index (χ1n) is 4.68. The van der Waals surface area contributed by atoms with Crippen molar-refractivity contribution in [2.24, 2.45) is 5.10 Å². The highest BCUT2D eigenvalue weighted by atomic mass is 19.1. The summed E-state index contributed by atoms with van der Waals surface area (Å²) in [4.78, 5) is 3.64. The maximum atomic E-state index is 13.2. The summed E-state index contributed by atoms with van der Waals surface area (Å²) in [7, 11) is 0. The van der Waals surface area contributed by atoms with Crippen molar-refractivity contribution in [3.8, 4) is 6.07 Å². The number of nitriles is 1. The van der Waals surface area contributed by atoms with Crippen LogP contribution in [-0.2, 0) is 0 Å². The number of aromatic nitrogens is 1. The SMILES string of the molecule is N#Cc1ncoc1NN=Cc1ccccc1F. The predicted octanol–water partition coefficient (Wildman–Crippen LogP) is 2.13. The molecule has 0 aliphatic carbocycles. The predicted molar refractivity (Wildman–Crippen MR) is 58.8 cm³/mol. The standard InChI is InChI=1S/C11H7FN4O/c12-9-4-2-1-3-8(9)6-15-16-11-10(5-13)14-7-17-11/h1-4,6-7,16H. The molecule has 2 rings (SSSR count). The molecule has 0 amide bonds. The lowest BCUT2D eigenvalue weighted by Gasteiger charge is -1.95. The molecule has 0 saturated carbocycles. The summed E-state index contributed by atoms with van der Waals surface area (Å²) in [6.45, 7) is 0. The Kier molecular flexibility index (Phi) is 3.12. The van der Waals surface area contributed by atoms with E-state index in [0.717, 1.165) is 6.39 Å². The maximum Gasteiger partial charge on any atom is 0.251 e. The highest BCUT2D eigenvalue weighted by molar-refractivity contribution is 5.80. The van der Waals surface area contributed by atoms with Crippen molar-refractivity contribution in [3.63, 3.8) is 0 Å². The quantitative estimate of drug-likeness (QED) is 0.647. The van der Waals surface area contributed by atoms with Gasteiger partial charge in [-0.1, -0.05) is 18.2 Å². The number of hydrogen-bond donors (Lipinski definition) is 1. The highest BCUT2D eigenvalue weighted by Crippen LogP contribution is 2.11. The summed E-state index contributed by atoms with van der Waals surface area (Å²) >= 11 is 0. The maximum absolute atomic E-state index is 13.2. The number of hydrazone groups is 1. The molecule has 84 valence electrons. The molecule has 0 radical (unpaired) electrons. The summed E-state index contributed by atoms with van der Waals surface area (Å²) in [6.07, 6.45) is 2.42. The van der Waals surface area contributed by atoms with Crippen LogP contribution >= 0.6 is 0 Å². The van der Waals surface area contributed by atoms with Gasteiger partial charge in [0.25, 0.3) is 5.88 Å². The average Bonchev–Trinajstić information content (AvgIpc) is 2.79. The van der Waals surface area contributed by atoms with E-state index in [0.29, 0.717) is 5.56 Å². The van der Waals surface area contributed by atoms with Gasteiger partial charge in [0.15, 0.2) is 6.39 Å². The Morgan fingerprint density at radius 1 is 1.47 bits per heavy atom. The smallest absolute Gasteiger partial charge is 0.251 e. The molecule has 0 bridgehead atoms. The van der Waals surface area contributed by atoms with E-state index >= 15 is 0 Å². The fraction of sp³-hybridized carbons (Fsp3) is 0.